The van der Waals surface area contributed by atoms with E-state index in [0.717, 1.165) is 6.42 Å². The molecule has 0 radical (unpaired) electrons. The number of aryl methyl sites for hydroxylation is 1. The van der Waals surface area contributed by atoms with Crippen LogP contribution in [0.3, 0.4) is 0 Å². The van der Waals surface area contributed by atoms with Crippen molar-refractivity contribution >= 4 is 11.3 Å². The summed E-state index contributed by atoms with van der Waals surface area (Å²) in [4.78, 5) is 2.88. The summed E-state index contributed by atoms with van der Waals surface area (Å²) in [6, 6.07) is 5.39. The van der Waals surface area contributed by atoms with Gasteiger partial charge in [-0.2, -0.15) is 0 Å². The van der Waals surface area contributed by atoms with Crippen molar-refractivity contribution in [2.75, 3.05) is 6.61 Å². The maximum atomic E-state index is 9.32. The van der Waals surface area contributed by atoms with Gasteiger partial charge in [0.2, 0.25) is 0 Å². The predicted octanol–water partition coefficient (Wildman–Crippen LogP) is 3.12. The van der Waals surface area contributed by atoms with Crippen LogP contribution >= 0.6 is 11.3 Å². The number of aliphatic hydroxyl groups is 1. The fourth-order valence-electron chi connectivity index (χ4n) is 2.70. The molecule has 1 aromatic heterocycles. The Kier molecular flexibility index (Phi) is 4.60. The molecule has 2 nitrogen and oxygen atoms in total. The van der Waals surface area contributed by atoms with E-state index in [9.17, 15) is 5.11 Å². The summed E-state index contributed by atoms with van der Waals surface area (Å²) in [5.74, 6) is 0.461. The Morgan fingerprint density at radius 1 is 1.47 bits per heavy atom. The van der Waals surface area contributed by atoms with Gasteiger partial charge in [-0.15, -0.1) is 11.3 Å². The molecule has 0 amide bonds. The molecule has 2 N–H and O–H groups in total. The van der Waals surface area contributed by atoms with E-state index in [1.54, 1.807) is 0 Å². The fraction of sp³-hybridized carbons (Fsp3) is 0.714. The molecule has 0 bridgehead atoms. The quantitative estimate of drug-likeness (QED) is 0.845. The van der Waals surface area contributed by atoms with Crippen LogP contribution in [-0.4, -0.2) is 17.8 Å². The van der Waals surface area contributed by atoms with Crippen molar-refractivity contribution in [3.63, 3.8) is 0 Å². The van der Waals surface area contributed by atoms with E-state index in [-0.39, 0.29) is 0 Å². The van der Waals surface area contributed by atoms with Gasteiger partial charge in [0, 0.05) is 28.4 Å². The summed E-state index contributed by atoms with van der Waals surface area (Å²) in [6.45, 7) is 4.76. The highest BCUT2D eigenvalue weighted by Gasteiger charge is 2.27. The maximum absolute atomic E-state index is 9.32. The van der Waals surface area contributed by atoms with Crippen LogP contribution < -0.4 is 5.32 Å². The lowest BCUT2D eigenvalue weighted by molar-refractivity contribution is 0.201. The molecule has 0 saturated heterocycles. The van der Waals surface area contributed by atoms with Gasteiger partial charge >= 0.3 is 0 Å². The molecule has 3 heteroatoms. The van der Waals surface area contributed by atoms with Gasteiger partial charge < -0.3 is 10.4 Å². The van der Waals surface area contributed by atoms with Crippen molar-refractivity contribution < 1.29 is 5.11 Å². The first kappa shape index (κ1) is 13.1. The standard InChI is InChI=1S/C14H23NOS/c1-3-12-7-8-14(17-12)10(2)15-13-6-4-5-11(13)9-16/h7-8,10-11,13,15-16H,3-6,9H2,1-2H3. The largest absolute Gasteiger partial charge is 0.396 e. The van der Waals surface area contributed by atoms with Crippen LogP contribution in [0.4, 0.5) is 0 Å². The Balaban J connectivity index is 1.94. The van der Waals surface area contributed by atoms with Crippen LogP contribution in [-0.2, 0) is 6.42 Å². The summed E-state index contributed by atoms with van der Waals surface area (Å²) in [7, 11) is 0. The summed E-state index contributed by atoms with van der Waals surface area (Å²) in [6.07, 6.45) is 4.76. The Morgan fingerprint density at radius 3 is 2.94 bits per heavy atom. The summed E-state index contributed by atoms with van der Waals surface area (Å²) in [5.41, 5.74) is 0. The van der Waals surface area contributed by atoms with E-state index in [0.29, 0.717) is 24.6 Å². The van der Waals surface area contributed by atoms with Crippen molar-refractivity contribution in [3.8, 4) is 0 Å². The molecule has 1 fully saturated rings. The molecular weight excluding hydrogens is 230 g/mol. The molecule has 1 heterocycles. The van der Waals surface area contributed by atoms with Crippen LogP contribution in [0.5, 0.6) is 0 Å². The summed E-state index contributed by atoms with van der Waals surface area (Å²) >= 11 is 1.91. The monoisotopic (exact) mass is 253 g/mol. The number of hydrogen-bond donors (Lipinski definition) is 2. The Morgan fingerprint density at radius 2 is 2.29 bits per heavy atom. The van der Waals surface area contributed by atoms with E-state index in [1.807, 2.05) is 11.3 Å². The average Bonchev–Trinajstić information content (AvgIpc) is 2.96. The Hall–Kier alpha value is -0.380. The molecule has 17 heavy (non-hydrogen) atoms. The zero-order chi connectivity index (χ0) is 12.3. The molecule has 1 aromatic rings. The first-order chi connectivity index (χ1) is 8.24. The van der Waals surface area contributed by atoms with E-state index in [1.165, 1.54) is 29.0 Å². The van der Waals surface area contributed by atoms with Crippen LogP contribution in [0.1, 0.15) is 48.9 Å². The number of aliphatic hydroxyl groups excluding tert-OH is 1. The third kappa shape index (κ3) is 3.09. The van der Waals surface area contributed by atoms with E-state index in [4.69, 9.17) is 0 Å². The number of rotatable bonds is 5. The van der Waals surface area contributed by atoms with E-state index >= 15 is 0 Å². The highest BCUT2D eigenvalue weighted by Crippen LogP contribution is 2.29. The smallest absolute Gasteiger partial charge is 0.0474 e. The Bertz CT molecular complexity index is 350. The van der Waals surface area contributed by atoms with Crippen LogP contribution in [0.2, 0.25) is 0 Å². The molecular formula is C14H23NOS. The van der Waals surface area contributed by atoms with Gasteiger partial charge in [-0.25, -0.2) is 0 Å². The van der Waals surface area contributed by atoms with Gasteiger partial charge in [-0.3, -0.25) is 0 Å². The van der Waals surface area contributed by atoms with Crippen LogP contribution in [0.25, 0.3) is 0 Å². The molecule has 0 spiro atoms. The lowest BCUT2D eigenvalue weighted by Gasteiger charge is -2.23. The first-order valence-electron chi connectivity index (χ1n) is 6.70. The molecule has 1 aliphatic rings. The third-order valence-electron chi connectivity index (χ3n) is 3.82. The minimum atomic E-state index is 0.328. The van der Waals surface area contributed by atoms with Crippen LogP contribution in [0, 0.1) is 5.92 Å². The zero-order valence-electron chi connectivity index (χ0n) is 10.8. The second-order valence-corrected chi connectivity index (χ2v) is 6.23. The van der Waals surface area contributed by atoms with Crippen molar-refractivity contribution in [1.82, 2.24) is 5.32 Å². The van der Waals surface area contributed by atoms with Crippen molar-refractivity contribution in [2.24, 2.45) is 5.92 Å². The normalized spacial score (nSPS) is 26.3. The molecule has 0 aliphatic heterocycles. The summed E-state index contributed by atoms with van der Waals surface area (Å²) < 4.78 is 0. The first-order valence-corrected chi connectivity index (χ1v) is 7.51. The topological polar surface area (TPSA) is 32.3 Å². The van der Waals surface area contributed by atoms with Crippen molar-refractivity contribution in [1.29, 1.82) is 0 Å². The fourth-order valence-corrected chi connectivity index (χ4v) is 3.66. The third-order valence-corrected chi connectivity index (χ3v) is 5.23. The highest BCUT2D eigenvalue weighted by molar-refractivity contribution is 7.12. The van der Waals surface area contributed by atoms with E-state index < -0.39 is 0 Å². The molecule has 96 valence electrons. The van der Waals surface area contributed by atoms with Gasteiger partial charge in [0.1, 0.15) is 0 Å². The van der Waals surface area contributed by atoms with Crippen molar-refractivity contribution in [3.05, 3.63) is 21.9 Å². The molecule has 1 aliphatic carbocycles. The lowest BCUT2D eigenvalue weighted by atomic mass is 10.0. The SMILES string of the molecule is CCc1ccc(C(C)NC2CCCC2CO)s1. The molecule has 1 saturated carbocycles. The number of nitrogens with one attached hydrogen (secondary N) is 1. The number of thiophene rings is 1. The minimum Gasteiger partial charge on any atom is -0.396 e. The van der Waals surface area contributed by atoms with Gasteiger partial charge in [-0.1, -0.05) is 13.3 Å². The second kappa shape index (κ2) is 5.98. The minimum absolute atomic E-state index is 0.328. The lowest BCUT2D eigenvalue weighted by Crippen LogP contribution is -2.35. The van der Waals surface area contributed by atoms with Gasteiger partial charge in [0.25, 0.3) is 0 Å². The number of hydrogen-bond acceptors (Lipinski definition) is 3. The van der Waals surface area contributed by atoms with E-state index in [2.05, 4.69) is 31.3 Å². The van der Waals surface area contributed by atoms with Gasteiger partial charge in [-0.05, 0) is 44.2 Å². The zero-order valence-corrected chi connectivity index (χ0v) is 11.6. The van der Waals surface area contributed by atoms with Crippen LogP contribution in [0.15, 0.2) is 12.1 Å². The second-order valence-electron chi connectivity index (χ2n) is 5.03. The maximum Gasteiger partial charge on any atom is 0.0474 e. The highest BCUT2D eigenvalue weighted by atomic mass is 32.1. The Labute approximate surface area is 108 Å². The van der Waals surface area contributed by atoms with Gasteiger partial charge in [0.15, 0.2) is 0 Å². The molecule has 3 atom stereocenters. The van der Waals surface area contributed by atoms with Gasteiger partial charge in [0.05, 0.1) is 0 Å². The molecule has 3 unspecified atom stereocenters. The van der Waals surface area contributed by atoms with Crippen molar-refractivity contribution in [2.45, 2.75) is 51.6 Å². The molecule has 0 aromatic carbocycles. The predicted molar refractivity (Wildman–Crippen MR) is 73.5 cm³/mol. The summed E-state index contributed by atoms with van der Waals surface area (Å²) in [5, 5.41) is 13.0. The average molecular weight is 253 g/mol. The molecule has 2 rings (SSSR count).